The van der Waals surface area contributed by atoms with Crippen LogP contribution in [0.25, 0.3) is 0 Å². The molecule has 1 radical (unpaired) electrons. The van der Waals surface area contributed by atoms with Gasteiger partial charge in [-0.15, -0.1) is 0 Å². The van der Waals surface area contributed by atoms with Gasteiger partial charge < -0.3 is 14.6 Å². The Labute approximate surface area is 133 Å². The molecule has 3 rings (SSSR count). The molecule has 0 unspecified atom stereocenters. The molecule has 0 saturated heterocycles. The van der Waals surface area contributed by atoms with Crippen LogP contribution >= 0.6 is 0 Å². The Morgan fingerprint density at radius 2 is 2.04 bits per heavy atom. The predicted octanol–water partition coefficient (Wildman–Crippen LogP) is 3.70. The molecule has 0 atom stereocenters. The highest BCUT2D eigenvalue weighted by Gasteiger charge is 2.28. The summed E-state index contributed by atoms with van der Waals surface area (Å²) in [4.78, 5) is 10.9. The topological polar surface area (TPSA) is 81.8 Å². The van der Waals surface area contributed by atoms with Gasteiger partial charge in [-0.25, -0.2) is 0 Å². The lowest BCUT2D eigenvalue weighted by Gasteiger charge is -2.15. The van der Waals surface area contributed by atoms with Crippen LogP contribution in [0.4, 0.5) is 5.69 Å². The average molecular weight is 314 g/mol. The lowest BCUT2D eigenvalue weighted by Crippen LogP contribution is -2.00. The van der Waals surface area contributed by atoms with E-state index in [9.17, 15) is 15.2 Å². The van der Waals surface area contributed by atoms with Gasteiger partial charge in [0.05, 0.1) is 18.1 Å². The van der Waals surface area contributed by atoms with Crippen LogP contribution in [0.2, 0.25) is 0 Å². The zero-order chi connectivity index (χ0) is 16.6. The maximum Gasteiger partial charge on any atom is 0.273 e. The van der Waals surface area contributed by atoms with Crippen LogP contribution in [0.5, 0.6) is 23.0 Å². The Hall–Kier alpha value is -2.76. The van der Waals surface area contributed by atoms with Crippen molar-refractivity contribution in [3.8, 4) is 23.0 Å². The zero-order valence-corrected chi connectivity index (χ0v) is 12.9. The first-order valence-corrected chi connectivity index (χ1v) is 7.28. The third kappa shape index (κ3) is 2.67. The summed E-state index contributed by atoms with van der Waals surface area (Å²) < 4.78 is 11.1. The molecule has 2 aromatic carbocycles. The number of nitro benzene ring substituents is 1. The second-order valence-corrected chi connectivity index (χ2v) is 5.45. The molecular formula is C17H16NO5. The highest BCUT2D eigenvalue weighted by molar-refractivity contribution is 5.60. The van der Waals surface area contributed by atoms with E-state index in [1.54, 1.807) is 19.1 Å². The van der Waals surface area contributed by atoms with E-state index in [0.717, 1.165) is 24.0 Å². The largest absolute Gasteiger partial charge is 0.507 e. The second-order valence-electron chi connectivity index (χ2n) is 5.45. The van der Waals surface area contributed by atoms with Gasteiger partial charge in [0.15, 0.2) is 11.5 Å². The molecular weight excluding hydrogens is 298 g/mol. The molecule has 0 saturated carbocycles. The molecule has 0 bridgehead atoms. The number of aryl methyl sites for hydroxylation is 1. The predicted molar refractivity (Wildman–Crippen MR) is 83.4 cm³/mol. The number of hydrogen-bond acceptors (Lipinski definition) is 5. The number of phenolic OH excluding ortho intramolecular Hbond substituents is 1. The SMILES string of the molecule is COc1[c]c(O)ccc1Oc1c(C)cc([N+](=O)[O-])c2c1CCC2. The Morgan fingerprint density at radius 3 is 2.74 bits per heavy atom. The highest BCUT2D eigenvalue weighted by Crippen LogP contribution is 2.43. The number of rotatable bonds is 4. The first-order valence-electron chi connectivity index (χ1n) is 7.28. The normalized spacial score (nSPS) is 12.8. The van der Waals surface area contributed by atoms with Gasteiger partial charge >= 0.3 is 0 Å². The van der Waals surface area contributed by atoms with Crippen molar-refractivity contribution in [3.63, 3.8) is 0 Å². The molecule has 6 heteroatoms. The number of nitrogens with zero attached hydrogens (tertiary/aromatic N) is 1. The molecule has 0 aromatic heterocycles. The summed E-state index contributed by atoms with van der Waals surface area (Å²) in [6, 6.07) is 7.26. The minimum atomic E-state index is -0.337. The molecule has 6 nitrogen and oxygen atoms in total. The fourth-order valence-electron chi connectivity index (χ4n) is 2.97. The number of aromatic hydroxyl groups is 1. The molecule has 0 amide bonds. The van der Waals surface area contributed by atoms with E-state index in [1.807, 2.05) is 0 Å². The molecule has 23 heavy (non-hydrogen) atoms. The summed E-state index contributed by atoms with van der Waals surface area (Å²) in [6.07, 6.45) is 2.30. The summed E-state index contributed by atoms with van der Waals surface area (Å²) in [5.41, 5.74) is 2.49. The molecule has 0 fully saturated rings. The molecule has 0 aliphatic heterocycles. The standard InChI is InChI=1S/C17H16NO5/c1-10-8-14(18(20)21)12-4-3-5-13(12)17(10)23-15-7-6-11(19)9-16(15)22-2/h6-8,19H,3-5H2,1-2H3. The van der Waals surface area contributed by atoms with Crippen molar-refractivity contribution in [2.24, 2.45) is 0 Å². The Balaban J connectivity index is 2.08. The molecule has 1 aliphatic rings. The van der Waals surface area contributed by atoms with Crippen molar-refractivity contribution in [3.05, 3.63) is 51.1 Å². The van der Waals surface area contributed by atoms with Crippen LogP contribution in [0.15, 0.2) is 18.2 Å². The fourth-order valence-corrected chi connectivity index (χ4v) is 2.97. The van der Waals surface area contributed by atoms with Gasteiger partial charge in [-0.05, 0) is 43.9 Å². The van der Waals surface area contributed by atoms with Crippen LogP contribution in [0, 0.1) is 23.1 Å². The first kappa shape index (κ1) is 15.1. The number of fused-ring (bicyclic) bond motifs is 1. The van der Waals surface area contributed by atoms with Crippen LogP contribution in [0.3, 0.4) is 0 Å². The number of hydrogen-bond donors (Lipinski definition) is 1. The lowest BCUT2D eigenvalue weighted by molar-refractivity contribution is -0.385. The van der Waals surface area contributed by atoms with Crippen LogP contribution < -0.4 is 9.47 Å². The van der Waals surface area contributed by atoms with Gasteiger partial charge in [-0.1, -0.05) is 0 Å². The van der Waals surface area contributed by atoms with Gasteiger partial charge in [-0.2, -0.15) is 0 Å². The van der Waals surface area contributed by atoms with E-state index in [2.05, 4.69) is 6.07 Å². The van der Waals surface area contributed by atoms with E-state index >= 15 is 0 Å². The van der Waals surface area contributed by atoms with Gasteiger partial charge in [0, 0.05) is 17.2 Å². The van der Waals surface area contributed by atoms with Crippen LogP contribution in [0.1, 0.15) is 23.1 Å². The number of ether oxygens (including phenoxy) is 2. The second kappa shape index (κ2) is 5.79. The number of phenols is 1. The van der Waals surface area contributed by atoms with E-state index in [4.69, 9.17) is 9.47 Å². The Morgan fingerprint density at radius 1 is 1.30 bits per heavy atom. The van der Waals surface area contributed by atoms with Crippen molar-refractivity contribution >= 4 is 5.69 Å². The number of nitro groups is 1. The quantitative estimate of drug-likeness (QED) is 0.687. The molecule has 1 N–H and O–H groups in total. The summed E-state index contributed by atoms with van der Waals surface area (Å²) in [5.74, 6) is 1.28. The van der Waals surface area contributed by atoms with E-state index in [-0.39, 0.29) is 22.1 Å². The van der Waals surface area contributed by atoms with E-state index in [0.29, 0.717) is 23.5 Å². The van der Waals surface area contributed by atoms with Crippen molar-refractivity contribution in [1.82, 2.24) is 0 Å². The third-order valence-electron chi connectivity index (χ3n) is 3.98. The van der Waals surface area contributed by atoms with Crippen molar-refractivity contribution < 1.29 is 19.5 Å². The molecule has 0 heterocycles. The average Bonchev–Trinajstić information content (AvgIpc) is 3.00. The van der Waals surface area contributed by atoms with Crippen LogP contribution in [-0.2, 0) is 12.8 Å². The maximum atomic E-state index is 11.2. The molecule has 1 aliphatic carbocycles. The fraction of sp³-hybridized carbons (Fsp3) is 0.294. The van der Waals surface area contributed by atoms with Gasteiger partial charge in [0.1, 0.15) is 11.5 Å². The van der Waals surface area contributed by atoms with E-state index < -0.39 is 0 Å². The number of methoxy groups -OCH3 is 1. The van der Waals surface area contributed by atoms with E-state index in [1.165, 1.54) is 13.2 Å². The summed E-state index contributed by atoms with van der Waals surface area (Å²) >= 11 is 0. The Kier molecular flexibility index (Phi) is 3.82. The summed E-state index contributed by atoms with van der Waals surface area (Å²) in [6.45, 7) is 1.79. The first-order chi connectivity index (χ1) is 11.0. The third-order valence-corrected chi connectivity index (χ3v) is 3.98. The summed E-state index contributed by atoms with van der Waals surface area (Å²) in [7, 11) is 1.46. The molecule has 0 spiro atoms. The number of benzene rings is 2. The van der Waals surface area contributed by atoms with Crippen LogP contribution in [-0.4, -0.2) is 17.1 Å². The zero-order valence-electron chi connectivity index (χ0n) is 12.9. The lowest BCUT2D eigenvalue weighted by atomic mass is 10.0. The minimum absolute atomic E-state index is 0.0418. The molecule has 2 aromatic rings. The van der Waals surface area contributed by atoms with Crippen molar-refractivity contribution in [2.75, 3.05) is 7.11 Å². The monoisotopic (exact) mass is 314 g/mol. The smallest absolute Gasteiger partial charge is 0.273 e. The highest BCUT2D eigenvalue weighted by atomic mass is 16.6. The Bertz CT molecular complexity index is 785. The van der Waals surface area contributed by atoms with Gasteiger partial charge in [0.2, 0.25) is 0 Å². The van der Waals surface area contributed by atoms with Crippen molar-refractivity contribution in [1.29, 1.82) is 0 Å². The summed E-state index contributed by atoms with van der Waals surface area (Å²) in [5, 5.41) is 20.7. The maximum absolute atomic E-state index is 11.2. The molecule has 119 valence electrons. The van der Waals surface area contributed by atoms with Crippen molar-refractivity contribution in [2.45, 2.75) is 26.2 Å². The van der Waals surface area contributed by atoms with Gasteiger partial charge in [-0.3, -0.25) is 10.1 Å². The van der Waals surface area contributed by atoms with Gasteiger partial charge in [0.25, 0.3) is 5.69 Å². The minimum Gasteiger partial charge on any atom is -0.507 e.